The maximum absolute atomic E-state index is 12.3. The van der Waals surface area contributed by atoms with Crippen molar-refractivity contribution in [1.82, 2.24) is 15.2 Å². The minimum absolute atomic E-state index is 0.0154. The highest BCUT2D eigenvalue weighted by Crippen LogP contribution is 2.20. The van der Waals surface area contributed by atoms with Crippen molar-refractivity contribution in [3.05, 3.63) is 29.0 Å². The molecular weight excluding hydrogens is 290 g/mol. The van der Waals surface area contributed by atoms with E-state index in [1.165, 1.54) is 6.20 Å². The predicted octanol–water partition coefficient (Wildman–Crippen LogP) is 2.11. The molecule has 0 aromatic carbocycles. The molecule has 0 bridgehead atoms. The van der Waals surface area contributed by atoms with Gasteiger partial charge in [-0.15, -0.1) is 0 Å². The van der Waals surface area contributed by atoms with E-state index in [0.29, 0.717) is 43.2 Å². The lowest BCUT2D eigenvalue weighted by Gasteiger charge is -2.31. The van der Waals surface area contributed by atoms with Gasteiger partial charge in [-0.3, -0.25) is 9.59 Å². The zero-order valence-electron chi connectivity index (χ0n) is 12.1. The van der Waals surface area contributed by atoms with E-state index in [2.05, 4.69) is 10.3 Å². The number of likely N-dealkylation sites (tertiary alicyclic amines) is 1. The summed E-state index contributed by atoms with van der Waals surface area (Å²) < 4.78 is 0. The monoisotopic (exact) mass is 309 g/mol. The van der Waals surface area contributed by atoms with Gasteiger partial charge in [0.05, 0.1) is 0 Å². The lowest BCUT2D eigenvalue weighted by Crippen LogP contribution is -2.43. The van der Waals surface area contributed by atoms with E-state index < -0.39 is 0 Å². The van der Waals surface area contributed by atoms with Gasteiger partial charge in [-0.25, -0.2) is 4.98 Å². The van der Waals surface area contributed by atoms with Crippen molar-refractivity contribution >= 4 is 23.4 Å². The Morgan fingerprint density at radius 2 is 2.14 bits per heavy atom. The van der Waals surface area contributed by atoms with Crippen LogP contribution in [0.15, 0.2) is 18.3 Å². The van der Waals surface area contributed by atoms with Crippen LogP contribution in [0.1, 0.15) is 36.5 Å². The first-order chi connectivity index (χ1) is 10.1. The molecular formula is C15H20ClN3O2. The Kier molecular flexibility index (Phi) is 5.56. The number of carbonyl (C=O) groups excluding carboxylic acids is 2. The standard InChI is InChI=1S/C15H20ClN3O2/c1-2-6-18-14(20)11-4-8-19(9-5-11)15(21)12-3-7-17-13(16)10-12/h3,7,10-11H,2,4-6,8-9H2,1H3,(H,18,20). The molecule has 2 heterocycles. The van der Waals surface area contributed by atoms with Crippen LogP contribution in [0.4, 0.5) is 0 Å². The normalized spacial score (nSPS) is 15.8. The molecule has 2 amide bonds. The second kappa shape index (κ2) is 7.41. The average molecular weight is 310 g/mol. The maximum Gasteiger partial charge on any atom is 0.254 e. The summed E-state index contributed by atoms with van der Waals surface area (Å²) in [4.78, 5) is 29.9. The zero-order chi connectivity index (χ0) is 15.2. The summed E-state index contributed by atoms with van der Waals surface area (Å²) in [6, 6.07) is 3.23. The van der Waals surface area contributed by atoms with Gasteiger partial charge in [0, 0.05) is 37.3 Å². The van der Waals surface area contributed by atoms with Gasteiger partial charge >= 0.3 is 0 Å². The van der Waals surface area contributed by atoms with E-state index in [1.807, 2.05) is 6.92 Å². The largest absolute Gasteiger partial charge is 0.356 e. The van der Waals surface area contributed by atoms with Crippen molar-refractivity contribution in [2.24, 2.45) is 5.92 Å². The van der Waals surface area contributed by atoms with Crippen molar-refractivity contribution in [3.8, 4) is 0 Å². The number of nitrogens with zero attached hydrogens (tertiary/aromatic N) is 2. The summed E-state index contributed by atoms with van der Waals surface area (Å²) in [6.07, 6.45) is 3.88. The summed E-state index contributed by atoms with van der Waals surface area (Å²) in [7, 11) is 0. The first kappa shape index (κ1) is 15.8. The van der Waals surface area contributed by atoms with Crippen LogP contribution >= 0.6 is 11.6 Å². The van der Waals surface area contributed by atoms with Crippen LogP contribution in [-0.4, -0.2) is 41.3 Å². The van der Waals surface area contributed by atoms with Gasteiger partial charge in [-0.1, -0.05) is 18.5 Å². The van der Waals surface area contributed by atoms with Crippen LogP contribution in [-0.2, 0) is 4.79 Å². The fraction of sp³-hybridized carbons (Fsp3) is 0.533. The van der Waals surface area contributed by atoms with Crippen LogP contribution in [0, 0.1) is 5.92 Å². The molecule has 0 saturated carbocycles. The molecule has 0 atom stereocenters. The lowest BCUT2D eigenvalue weighted by atomic mass is 9.95. The third kappa shape index (κ3) is 4.17. The van der Waals surface area contributed by atoms with Crippen LogP contribution in [0.3, 0.4) is 0 Å². The number of carbonyl (C=O) groups is 2. The Hall–Kier alpha value is -1.62. The van der Waals surface area contributed by atoms with E-state index in [1.54, 1.807) is 17.0 Å². The molecule has 1 aromatic rings. The molecule has 0 aliphatic carbocycles. The molecule has 0 spiro atoms. The van der Waals surface area contributed by atoms with Crippen LogP contribution in [0.2, 0.25) is 5.15 Å². The van der Waals surface area contributed by atoms with Crippen LogP contribution in [0.25, 0.3) is 0 Å². The van der Waals surface area contributed by atoms with Crippen molar-refractivity contribution in [1.29, 1.82) is 0 Å². The summed E-state index contributed by atoms with van der Waals surface area (Å²) in [5, 5.41) is 3.23. The van der Waals surface area contributed by atoms with Gasteiger partial charge in [-0.05, 0) is 31.4 Å². The van der Waals surface area contributed by atoms with Crippen molar-refractivity contribution in [2.75, 3.05) is 19.6 Å². The number of pyridine rings is 1. The second-order valence-electron chi connectivity index (χ2n) is 5.22. The molecule has 1 aliphatic rings. The summed E-state index contributed by atoms with van der Waals surface area (Å²) in [5.74, 6) is 0.0734. The van der Waals surface area contributed by atoms with Gasteiger partial charge in [-0.2, -0.15) is 0 Å². The molecule has 1 N–H and O–H groups in total. The molecule has 21 heavy (non-hydrogen) atoms. The Morgan fingerprint density at radius 3 is 2.76 bits per heavy atom. The van der Waals surface area contributed by atoms with E-state index in [0.717, 1.165) is 6.42 Å². The summed E-state index contributed by atoms with van der Waals surface area (Å²) in [6.45, 7) is 3.95. The molecule has 0 radical (unpaired) electrons. The third-order valence-corrected chi connectivity index (χ3v) is 3.88. The quantitative estimate of drug-likeness (QED) is 0.867. The van der Waals surface area contributed by atoms with Crippen molar-refractivity contribution in [3.63, 3.8) is 0 Å². The van der Waals surface area contributed by atoms with Crippen molar-refractivity contribution in [2.45, 2.75) is 26.2 Å². The minimum atomic E-state index is -0.0493. The topological polar surface area (TPSA) is 62.3 Å². The number of hydrogen-bond acceptors (Lipinski definition) is 3. The smallest absolute Gasteiger partial charge is 0.254 e. The Bertz CT molecular complexity index is 513. The Balaban J connectivity index is 1.89. The number of rotatable bonds is 4. The van der Waals surface area contributed by atoms with Gasteiger partial charge < -0.3 is 10.2 Å². The molecule has 114 valence electrons. The van der Waals surface area contributed by atoms with E-state index >= 15 is 0 Å². The van der Waals surface area contributed by atoms with Gasteiger partial charge in [0.1, 0.15) is 5.15 Å². The second-order valence-corrected chi connectivity index (χ2v) is 5.61. The first-order valence-corrected chi connectivity index (χ1v) is 7.68. The van der Waals surface area contributed by atoms with Crippen LogP contribution < -0.4 is 5.32 Å². The number of aromatic nitrogens is 1. The average Bonchev–Trinajstić information content (AvgIpc) is 2.52. The molecule has 1 aliphatic heterocycles. The molecule has 0 unspecified atom stereocenters. The summed E-state index contributed by atoms with van der Waals surface area (Å²) in [5.41, 5.74) is 0.545. The fourth-order valence-corrected chi connectivity index (χ4v) is 2.63. The predicted molar refractivity (Wildman–Crippen MR) is 81.2 cm³/mol. The SMILES string of the molecule is CCCNC(=O)C1CCN(C(=O)c2ccnc(Cl)c2)CC1. The number of hydrogen-bond donors (Lipinski definition) is 1. The number of amides is 2. The molecule has 6 heteroatoms. The Morgan fingerprint density at radius 1 is 1.43 bits per heavy atom. The highest BCUT2D eigenvalue weighted by molar-refractivity contribution is 6.29. The van der Waals surface area contributed by atoms with E-state index in [-0.39, 0.29) is 17.7 Å². The van der Waals surface area contributed by atoms with Crippen molar-refractivity contribution < 1.29 is 9.59 Å². The zero-order valence-corrected chi connectivity index (χ0v) is 12.9. The van der Waals surface area contributed by atoms with Gasteiger partial charge in [0.25, 0.3) is 5.91 Å². The maximum atomic E-state index is 12.3. The first-order valence-electron chi connectivity index (χ1n) is 7.30. The fourth-order valence-electron chi connectivity index (χ4n) is 2.46. The minimum Gasteiger partial charge on any atom is -0.356 e. The Labute approximate surface area is 129 Å². The van der Waals surface area contributed by atoms with E-state index in [4.69, 9.17) is 11.6 Å². The molecule has 1 aromatic heterocycles. The third-order valence-electron chi connectivity index (χ3n) is 3.68. The number of nitrogens with one attached hydrogen (secondary N) is 1. The highest BCUT2D eigenvalue weighted by Gasteiger charge is 2.27. The van der Waals surface area contributed by atoms with Crippen LogP contribution in [0.5, 0.6) is 0 Å². The summed E-state index contributed by atoms with van der Waals surface area (Å²) >= 11 is 5.81. The highest BCUT2D eigenvalue weighted by atomic mass is 35.5. The van der Waals surface area contributed by atoms with Gasteiger partial charge in [0.15, 0.2) is 0 Å². The van der Waals surface area contributed by atoms with E-state index in [9.17, 15) is 9.59 Å². The molecule has 5 nitrogen and oxygen atoms in total. The lowest BCUT2D eigenvalue weighted by molar-refractivity contribution is -0.126. The van der Waals surface area contributed by atoms with Gasteiger partial charge in [0.2, 0.25) is 5.91 Å². The molecule has 2 rings (SSSR count). The number of halogens is 1. The number of piperidine rings is 1. The molecule has 1 saturated heterocycles. The molecule has 1 fully saturated rings.